The Morgan fingerprint density at radius 2 is 2.14 bits per heavy atom. The quantitative estimate of drug-likeness (QED) is 0.829. The number of hydrogen-bond acceptors (Lipinski definition) is 3. The van der Waals surface area contributed by atoms with Crippen molar-refractivity contribution in [3.05, 3.63) is 64.9 Å². The van der Waals surface area contributed by atoms with Crippen LogP contribution in [0.25, 0.3) is 0 Å². The molecule has 1 aromatic carbocycles. The van der Waals surface area contributed by atoms with Crippen LogP contribution in [0.5, 0.6) is 0 Å². The standard InChI is InChI=1S/C17H18N2O2S/c1-3-9-19(12-16-8-5-10-22-16)17(21)14-6-4-7-15(11-14)18-13(2)20/h3-8,10-11H,1,9,12H2,2H3,(H,18,20). The van der Waals surface area contributed by atoms with E-state index in [0.29, 0.717) is 24.3 Å². The van der Waals surface area contributed by atoms with Gasteiger partial charge >= 0.3 is 0 Å². The van der Waals surface area contributed by atoms with Crippen LogP contribution in [0.15, 0.2) is 54.4 Å². The average molecular weight is 314 g/mol. The van der Waals surface area contributed by atoms with Crippen molar-refractivity contribution in [2.45, 2.75) is 13.5 Å². The number of thiophene rings is 1. The summed E-state index contributed by atoms with van der Waals surface area (Å²) < 4.78 is 0. The second kappa shape index (κ2) is 7.56. The van der Waals surface area contributed by atoms with Crippen molar-refractivity contribution in [3.8, 4) is 0 Å². The van der Waals surface area contributed by atoms with Gasteiger partial charge in [0, 0.05) is 29.6 Å². The monoisotopic (exact) mass is 314 g/mol. The molecule has 1 heterocycles. The zero-order chi connectivity index (χ0) is 15.9. The van der Waals surface area contributed by atoms with Crippen LogP contribution >= 0.6 is 11.3 Å². The van der Waals surface area contributed by atoms with Gasteiger partial charge in [-0.05, 0) is 29.6 Å². The molecule has 0 unspecified atom stereocenters. The first-order valence-electron chi connectivity index (χ1n) is 6.90. The molecule has 1 N–H and O–H groups in total. The van der Waals surface area contributed by atoms with Crippen molar-refractivity contribution < 1.29 is 9.59 Å². The Labute approximate surface area is 134 Å². The molecule has 2 rings (SSSR count). The molecule has 4 nitrogen and oxygen atoms in total. The van der Waals surface area contributed by atoms with Crippen molar-refractivity contribution in [1.29, 1.82) is 0 Å². The molecule has 0 saturated heterocycles. The third-order valence-electron chi connectivity index (χ3n) is 2.99. The molecule has 0 atom stereocenters. The SMILES string of the molecule is C=CCN(Cc1cccs1)C(=O)c1cccc(NC(C)=O)c1. The predicted molar refractivity (Wildman–Crippen MR) is 90.0 cm³/mol. The smallest absolute Gasteiger partial charge is 0.254 e. The summed E-state index contributed by atoms with van der Waals surface area (Å²) in [5, 5.41) is 4.68. The van der Waals surface area contributed by atoms with E-state index in [1.807, 2.05) is 17.5 Å². The van der Waals surface area contributed by atoms with Crippen LogP contribution in [0.3, 0.4) is 0 Å². The Kier molecular flexibility index (Phi) is 5.49. The summed E-state index contributed by atoms with van der Waals surface area (Å²) in [6.45, 7) is 6.18. The number of rotatable bonds is 6. The molecule has 114 valence electrons. The number of anilines is 1. The van der Waals surface area contributed by atoms with E-state index >= 15 is 0 Å². The van der Waals surface area contributed by atoms with E-state index < -0.39 is 0 Å². The molecule has 2 amide bonds. The van der Waals surface area contributed by atoms with Crippen molar-refractivity contribution in [1.82, 2.24) is 4.90 Å². The molecule has 0 saturated carbocycles. The predicted octanol–water partition coefficient (Wildman–Crippen LogP) is 3.53. The van der Waals surface area contributed by atoms with Gasteiger partial charge in [-0.25, -0.2) is 0 Å². The zero-order valence-corrected chi connectivity index (χ0v) is 13.2. The molecule has 0 fully saturated rings. The number of carbonyl (C=O) groups excluding carboxylic acids is 2. The minimum Gasteiger partial charge on any atom is -0.330 e. The molecule has 0 aliphatic carbocycles. The van der Waals surface area contributed by atoms with Crippen LogP contribution in [0.1, 0.15) is 22.2 Å². The van der Waals surface area contributed by atoms with E-state index in [1.54, 1.807) is 46.6 Å². The van der Waals surface area contributed by atoms with E-state index in [1.165, 1.54) is 6.92 Å². The highest BCUT2D eigenvalue weighted by atomic mass is 32.1. The summed E-state index contributed by atoms with van der Waals surface area (Å²) in [6.07, 6.45) is 1.71. The van der Waals surface area contributed by atoms with Gasteiger partial charge < -0.3 is 10.2 Å². The normalized spacial score (nSPS) is 10.0. The third kappa shape index (κ3) is 4.30. The van der Waals surface area contributed by atoms with Crippen molar-refractivity contribution in [3.63, 3.8) is 0 Å². The zero-order valence-electron chi connectivity index (χ0n) is 12.4. The summed E-state index contributed by atoms with van der Waals surface area (Å²) in [5.74, 6) is -0.244. The van der Waals surface area contributed by atoms with E-state index in [9.17, 15) is 9.59 Å². The molecule has 0 radical (unpaired) electrons. The van der Waals surface area contributed by atoms with Gasteiger partial charge in [-0.1, -0.05) is 18.2 Å². The number of nitrogens with one attached hydrogen (secondary N) is 1. The second-order valence-electron chi connectivity index (χ2n) is 4.82. The minimum absolute atomic E-state index is 0.0829. The van der Waals surface area contributed by atoms with Crippen LogP contribution in [0.4, 0.5) is 5.69 Å². The van der Waals surface area contributed by atoms with Crippen molar-refractivity contribution in [2.75, 3.05) is 11.9 Å². The van der Waals surface area contributed by atoms with E-state index in [-0.39, 0.29) is 11.8 Å². The Hall–Kier alpha value is -2.40. The second-order valence-corrected chi connectivity index (χ2v) is 5.85. The number of hydrogen-bond donors (Lipinski definition) is 1. The highest BCUT2D eigenvalue weighted by molar-refractivity contribution is 7.09. The maximum Gasteiger partial charge on any atom is 0.254 e. The van der Waals surface area contributed by atoms with Gasteiger partial charge in [-0.3, -0.25) is 9.59 Å². The molecule has 22 heavy (non-hydrogen) atoms. The van der Waals surface area contributed by atoms with E-state index in [0.717, 1.165) is 4.88 Å². The summed E-state index contributed by atoms with van der Waals surface area (Å²) in [4.78, 5) is 26.6. The fraction of sp³-hybridized carbons (Fsp3) is 0.176. The Morgan fingerprint density at radius 1 is 1.32 bits per heavy atom. The van der Waals surface area contributed by atoms with Crippen LogP contribution in [0.2, 0.25) is 0 Å². The van der Waals surface area contributed by atoms with Crippen molar-refractivity contribution in [2.24, 2.45) is 0 Å². The first-order chi connectivity index (χ1) is 10.6. The first kappa shape index (κ1) is 16.0. The van der Waals surface area contributed by atoms with Crippen LogP contribution in [-0.2, 0) is 11.3 Å². The summed E-state index contributed by atoms with van der Waals surface area (Å²) >= 11 is 1.62. The molecule has 0 aliphatic heterocycles. The highest BCUT2D eigenvalue weighted by Crippen LogP contribution is 2.17. The molecule has 2 aromatic rings. The van der Waals surface area contributed by atoms with E-state index in [2.05, 4.69) is 11.9 Å². The molecule has 0 aliphatic rings. The number of carbonyl (C=O) groups is 2. The van der Waals surface area contributed by atoms with Gasteiger partial charge in [-0.15, -0.1) is 17.9 Å². The summed E-state index contributed by atoms with van der Waals surface area (Å²) in [7, 11) is 0. The van der Waals surface area contributed by atoms with Gasteiger partial charge in [0.15, 0.2) is 0 Å². The summed E-state index contributed by atoms with van der Waals surface area (Å²) in [6, 6.07) is 10.9. The number of amides is 2. The molecule has 5 heteroatoms. The maximum atomic E-state index is 12.7. The van der Waals surface area contributed by atoms with Crippen molar-refractivity contribution >= 4 is 28.8 Å². The molecular formula is C17H18N2O2S. The lowest BCUT2D eigenvalue weighted by Crippen LogP contribution is -2.30. The van der Waals surface area contributed by atoms with Gasteiger partial charge in [0.2, 0.25) is 5.91 Å². The number of nitrogens with zero attached hydrogens (tertiary/aromatic N) is 1. The molecule has 0 spiro atoms. The largest absolute Gasteiger partial charge is 0.330 e. The molecular weight excluding hydrogens is 296 g/mol. The van der Waals surface area contributed by atoms with Gasteiger partial charge in [-0.2, -0.15) is 0 Å². The minimum atomic E-state index is -0.161. The third-order valence-corrected chi connectivity index (χ3v) is 3.85. The topological polar surface area (TPSA) is 49.4 Å². The fourth-order valence-corrected chi connectivity index (χ4v) is 2.80. The Morgan fingerprint density at radius 3 is 2.77 bits per heavy atom. The van der Waals surface area contributed by atoms with Crippen LogP contribution < -0.4 is 5.32 Å². The highest BCUT2D eigenvalue weighted by Gasteiger charge is 2.16. The lowest BCUT2D eigenvalue weighted by Gasteiger charge is -2.21. The molecule has 1 aromatic heterocycles. The van der Waals surface area contributed by atoms with Crippen LogP contribution in [-0.4, -0.2) is 23.3 Å². The van der Waals surface area contributed by atoms with Gasteiger partial charge in [0.05, 0.1) is 6.54 Å². The fourth-order valence-electron chi connectivity index (χ4n) is 2.08. The summed E-state index contributed by atoms with van der Waals surface area (Å²) in [5.41, 5.74) is 1.16. The maximum absolute atomic E-state index is 12.7. The molecule has 0 bridgehead atoms. The Bertz CT molecular complexity index is 665. The average Bonchev–Trinajstić information content (AvgIpc) is 2.99. The van der Waals surface area contributed by atoms with E-state index in [4.69, 9.17) is 0 Å². The number of benzene rings is 1. The first-order valence-corrected chi connectivity index (χ1v) is 7.78. The lowest BCUT2D eigenvalue weighted by atomic mass is 10.1. The lowest BCUT2D eigenvalue weighted by molar-refractivity contribution is -0.114. The van der Waals surface area contributed by atoms with Crippen LogP contribution in [0, 0.1) is 0 Å². The Balaban J connectivity index is 2.18. The van der Waals surface area contributed by atoms with Gasteiger partial charge in [0.25, 0.3) is 5.91 Å². The van der Waals surface area contributed by atoms with Gasteiger partial charge in [0.1, 0.15) is 0 Å².